The van der Waals surface area contributed by atoms with Crippen LogP contribution in [0.1, 0.15) is 51.9 Å². The van der Waals surface area contributed by atoms with Crippen LogP contribution in [-0.4, -0.2) is 36.7 Å². The van der Waals surface area contributed by atoms with Crippen molar-refractivity contribution >= 4 is 27.3 Å². The summed E-state index contributed by atoms with van der Waals surface area (Å²) in [6.45, 7) is 2.16. The van der Waals surface area contributed by atoms with Gasteiger partial charge in [-0.05, 0) is 31.6 Å². The van der Waals surface area contributed by atoms with Crippen LogP contribution < -0.4 is 5.32 Å². The van der Waals surface area contributed by atoms with Crippen molar-refractivity contribution in [3.63, 3.8) is 0 Å². The van der Waals surface area contributed by atoms with Gasteiger partial charge in [-0.1, -0.05) is 26.2 Å². The largest absolute Gasteiger partial charge is 0.348 e. The lowest BCUT2D eigenvalue weighted by atomic mass is 9.77. The van der Waals surface area contributed by atoms with E-state index in [0.29, 0.717) is 24.6 Å². The first kappa shape index (κ1) is 16.1. The highest BCUT2D eigenvalue weighted by Crippen LogP contribution is 2.33. The highest BCUT2D eigenvalue weighted by Gasteiger charge is 2.41. The first-order valence-electron chi connectivity index (χ1n) is 7.48. The molecule has 0 aromatic heterocycles. The lowest BCUT2D eigenvalue weighted by Gasteiger charge is -2.40. The van der Waals surface area contributed by atoms with Crippen LogP contribution in [0.2, 0.25) is 0 Å². The third-order valence-electron chi connectivity index (χ3n) is 4.61. The van der Waals surface area contributed by atoms with E-state index in [4.69, 9.17) is 11.6 Å². The lowest BCUT2D eigenvalue weighted by Crippen LogP contribution is -2.56. The molecule has 3 atom stereocenters. The van der Waals surface area contributed by atoms with Crippen molar-refractivity contribution in [1.29, 1.82) is 0 Å². The molecule has 2 rings (SSSR count). The van der Waals surface area contributed by atoms with E-state index >= 15 is 0 Å². The zero-order valence-electron chi connectivity index (χ0n) is 12.0. The van der Waals surface area contributed by atoms with Crippen molar-refractivity contribution in [3.8, 4) is 0 Å². The van der Waals surface area contributed by atoms with Crippen LogP contribution in [0.5, 0.6) is 0 Å². The molecule has 0 radical (unpaired) electrons. The quantitative estimate of drug-likeness (QED) is 0.811. The van der Waals surface area contributed by atoms with Gasteiger partial charge < -0.3 is 5.32 Å². The third-order valence-corrected chi connectivity index (χ3v) is 7.29. The molecule has 116 valence electrons. The summed E-state index contributed by atoms with van der Waals surface area (Å²) in [6, 6.07) is 0. The first-order chi connectivity index (χ1) is 9.38. The van der Waals surface area contributed by atoms with Gasteiger partial charge in [-0.2, -0.15) is 0 Å². The van der Waals surface area contributed by atoms with E-state index in [0.717, 1.165) is 32.1 Å². The molecule has 2 aliphatic rings. The maximum absolute atomic E-state index is 12.4. The van der Waals surface area contributed by atoms with Crippen molar-refractivity contribution in [1.82, 2.24) is 5.32 Å². The summed E-state index contributed by atoms with van der Waals surface area (Å²) < 4.78 is 24.1. The van der Waals surface area contributed by atoms with Crippen molar-refractivity contribution in [3.05, 3.63) is 0 Å². The van der Waals surface area contributed by atoms with Crippen LogP contribution in [0.25, 0.3) is 0 Å². The Bertz CT molecular complexity index is 465. The van der Waals surface area contributed by atoms with Gasteiger partial charge in [0.2, 0.25) is 5.91 Å². The molecular formula is C14H24ClNO3S. The van der Waals surface area contributed by atoms with Gasteiger partial charge in [-0.25, -0.2) is 8.42 Å². The number of sulfone groups is 1. The van der Waals surface area contributed by atoms with Crippen molar-refractivity contribution in [2.45, 2.75) is 62.7 Å². The second kappa shape index (κ2) is 6.22. The van der Waals surface area contributed by atoms with Gasteiger partial charge in [-0.15, -0.1) is 11.6 Å². The Kier molecular flexibility index (Phi) is 5.00. The Morgan fingerprint density at radius 3 is 2.65 bits per heavy atom. The molecule has 3 unspecified atom stereocenters. The minimum absolute atomic E-state index is 0.134. The number of amides is 1. The third kappa shape index (κ3) is 3.48. The average Bonchev–Trinajstić information content (AvgIpc) is 2.38. The highest BCUT2D eigenvalue weighted by molar-refractivity contribution is 7.92. The van der Waals surface area contributed by atoms with E-state index < -0.39 is 20.6 Å². The predicted molar refractivity (Wildman–Crippen MR) is 80.7 cm³/mol. The number of alkyl halides is 1. The number of carbonyl (C=O) groups excluding carboxylic acids is 1. The molecular weight excluding hydrogens is 298 g/mol. The molecule has 1 N–H and O–H groups in total. The van der Waals surface area contributed by atoms with E-state index in [-0.39, 0.29) is 11.7 Å². The Morgan fingerprint density at radius 1 is 1.30 bits per heavy atom. The van der Waals surface area contributed by atoms with Crippen molar-refractivity contribution in [2.24, 2.45) is 5.92 Å². The molecule has 1 heterocycles. The highest BCUT2D eigenvalue weighted by atomic mass is 35.5. The van der Waals surface area contributed by atoms with Crippen LogP contribution in [0.3, 0.4) is 0 Å². The summed E-state index contributed by atoms with van der Waals surface area (Å²) >= 11 is 6.09. The number of hydrogen-bond donors (Lipinski definition) is 1. The molecule has 1 saturated heterocycles. The van der Waals surface area contributed by atoms with Gasteiger partial charge >= 0.3 is 0 Å². The zero-order valence-corrected chi connectivity index (χ0v) is 13.6. The Morgan fingerprint density at radius 2 is 2.05 bits per heavy atom. The Labute approximate surface area is 126 Å². The molecule has 0 spiro atoms. The molecule has 0 bridgehead atoms. The van der Waals surface area contributed by atoms with E-state index in [9.17, 15) is 13.2 Å². The molecule has 0 aromatic rings. The van der Waals surface area contributed by atoms with Crippen molar-refractivity contribution in [2.75, 3.05) is 11.6 Å². The number of nitrogens with one attached hydrogen (secondary N) is 1. The SMILES string of the molecule is CC1CCCC(CCl)(NC(=O)C2CCCCS2(=O)=O)C1. The first-order valence-corrected chi connectivity index (χ1v) is 9.73. The minimum Gasteiger partial charge on any atom is -0.348 e. The van der Waals surface area contributed by atoms with Gasteiger partial charge in [0.05, 0.1) is 11.3 Å². The van der Waals surface area contributed by atoms with E-state index in [1.165, 1.54) is 0 Å². The summed E-state index contributed by atoms with van der Waals surface area (Å²) in [5.41, 5.74) is -0.413. The van der Waals surface area contributed by atoms with Crippen molar-refractivity contribution < 1.29 is 13.2 Å². The maximum Gasteiger partial charge on any atom is 0.238 e. The molecule has 6 heteroatoms. The van der Waals surface area contributed by atoms with Crippen LogP contribution in [0.4, 0.5) is 0 Å². The summed E-state index contributed by atoms with van der Waals surface area (Å²) in [5, 5.41) is 2.12. The standard InChI is InChI=1S/C14H24ClNO3S/c1-11-5-4-7-14(9-11,10-15)16-13(17)12-6-2-3-8-20(12,18)19/h11-12H,2-10H2,1H3,(H,16,17). The number of rotatable bonds is 3. The number of halogens is 1. The molecule has 1 amide bonds. The topological polar surface area (TPSA) is 63.2 Å². The van der Waals surface area contributed by atoms with Crippen LogP contribution in [0, 0.1) is 5.92 Å². The van der Waals surface area contributed by atoms with Crippen LogP contribution in [-0.2, 0) is 14.6 Å². The molecule has 1 aliphatic heterocycles. The Balaban J connectivity index is 2.09. The fourth-order valence-electron chi connectivity index (χ4n) is 3.52. The summed E-state index contributed by atoms with van der Waals surface area (Å²) in [5.74, 6) is 0.677. The fourth-order valence-corrected chi connectivity index (χ4v) is 5.63. The second-order valence-electron chi connectivity index (χ2n) is 6.46. The lowest BCUT2D eigenvalue weighted by molar-refractivity contribution is -0.123. The monoisotopic (exact) mass is 321 g/mol. The molecule has 1 aliphatic carbocycles. The van der Waals surface area contributed by atoms with Gasteiger partial charge in [0.25, 0.3) is 0 Å². The average molecular weight is 322 g/mol. The fraction of sp³-hybridized carbons (Fsp3) is 0.929. The smallest absolute Gasteiger partial charge is 0.238 e. The molecule has 2 fully saturated rings. The van der Waals surface area contributed by atoms with E-state index in [1.807, 2.05) is 0 Å². The summed E-state index contributed by atoms with van der Waals surface area (Å²) in [4.78, 5) is 12.4. The number of hydrogen-bond acceptors (Lipinski definition) is 3. The second-order valence-corrected chi connectivity index (χ2v) is 9.03. The summed E-state index contributed by atoms with van der Waals surface area (Å²) in [7, 11) is -3.28. The maximum atomic E-state index is 12.4. The van der Waals surface area contributed by atoms with Crippen LogP contribution in [0.15, 0.2) is 0 Å². The van der Waals surface area contributed by atoms with Gasteiger partial charge in [0, 0.05) is 5.88 Å². The van der Waals surface area contributed by atoms with Gasteiger partial charge in [0.1, 0.15) is 5.25 Å². The van der Waals surface area contributed by atoms with Gasteiger partial charge in [0.15, 0.2) is 9.84 Å². The minimum atomic E-state index is -3.28. The molecule has 4 nitrogen and oxygen atoms in total. The summed E-state index contributed by atoms with van der Waals surface area (Å²) in [6.07, 6.45) is 5.80. The van der Waals surface area contributed by atoms with Crippen LogP contribution >= 0.6 is 11.6 Å². The molecule has 1 saturated carbocycles. The Hall–Kier alpha value is -0.290. The molecule has 0 aromatic carbocycles. The number of carbonyl (C=O) groups is 1. The van der Waals surface area contributed by atoms with Gasteiger partial charge in [-0.3, -0.25) is 4.79 Å². The predicted octanol–water partition coefficient (Wildman–Crippen LogP) is 2.26. The van der Waals surface area contributed by atoms with E-state index in [2.05, 4.69) is 12.2 Å². The zero-order chi connectivity index (χ0) is 14.8. The molecule has 20 heavy (non-hydrogen) atoms. The van der Waals surface area contributed by atoms with E-state index in [1.54, 1.807) is 0 Å². The normalized spacial score (nSPS) is 37.3.